The molecular formula is C15H15BrN2O2. The topological polar surface area (TPSA) is 75.3 Å². The molecule has 0 bridgehead atoms. The van der Waals surface area contributed by atoms with Crippen molar-refractivity contribution in [1.29, 1.82) is 0 Å². The highest BCUT2D eigenvalue weighted by Crippen LogP contribution is 2.30. The first-order chi connectivity index (χ1) is 9.38. The minimum Gasteiger partial charge on any atom is -0.508 e. The number of aromatic hydroxyl groups is 1. The van der Waals surface area contributed by atoms with E-state index in [2.05, 4.69) is 21.2 Å². The number of amides is 1. The molecule has 0 aliphatic carbocycles. The van der Waals surface area contributed by atoms with Gasteiger partial charge in [-0.3, -0.25) is 4.79 Å². The summed E-state index contributed by atoms with van der Waals surface area (Å²) in [7, 11) is 0. The zero-order valence-corrected chi connectivity index (χ0v) is 12.8. The fourth-order valence-electron chi connectivity index (χ4n) is 1.88. The van der Waals surface area contributed by atoms with Crippen molar-refractivity contribution in [2.45, 2.75) is 13.8 Å². The Balaban J connectivity index is 2.30. The van der Waals surface area contributed by atoms with Crippen LogP contribution < -0.4 is 11.1 Å². The number of rotatable bonds is 2. The number of carbonyl (C=O) groups excluding carboxylic acids is 1. The Labute approximate surface area is 125 Å². The van der Waals surface area contributed by atoms with Gasteiger partial charge in [-0.15, -0.1) is 0 Å². The third kappa shape index (κ3) is 2.93. The smallest absolute Gasteiger partial charge is 0.255 e. The minimum atomic E-state index is -0.274. The number of aryl methyl sites for hydroxylation is 2. The van der Waals surface area contributed by atoms with E-state index in [9.17, 15) is 9.90 Å². The molecule has 2 aromatic rings. The van der Waals surface area contributed by atoms with Crippen molar-refractivity contribution >= 4 is 33.2 Å². The molecule has 0 heterocycles. The molecule has 0 aliphatic heterocycles. The van der Waals surface area contributed by atoms with Gasteiger partial charge in [-0.2, -0.15) is 0 Å². The third-order valence-electron chi connectivity index (χ3n) is 2.96. The van der Waals surface area contributed by atoms with Crippen molar-refractivity contribution < 1.29 is 9.90 Å². The molecule has 0 aromatic heterocycles. The number of hydrogen-bond acceptors (Lipinski definition) is 3. The summed E-state index contributed by atoms with van der Waals surface area (Å²) in [5.74, 6) is -0.109. The second kappa shape index (κ2) is 5.54. The quantitative estimate of drug-likeness (QED) is 0.734. The lowest BCUT2D eigenvalue weighted by Gasteiger charge is -2.12. The third-order valence-corrected chi connectivity index (χ3v) is 3.59. The number of hydrogen-bond donors (Lipinski definition) is 3. The van der Waals surface area contributed by atoms with Crippen molar-refractivity contribution in [2.75, 3.05) is 11.1 Å². The Hall–Kier alpha value is -2.01. The summed E-state index contributed by atoms with van der Waals surface area (Å²) in [6.07, 6.45) is 0. The fraction of sp³-hybridized carbons (Fsp3) is 0.133. The number of halogens is 1. The van der Waals surface area contributed by atoms with Gasteiger partial charge in [0, 0.05) is 10.0 Å². The van der Waals surface area contributed by atoms with E-state index in [1.165, 1.54) is 6.07 Å². The zero-order chi connectivity index (χ0) is 14.9. The van der Waals surface area contributed by atoms with E-state index in [0.29, 0.717) is 22.5 Å². The van der Waals surface area contributed by atoms with Crippen LogP contribution in [0.25, 0.3) is 0 Å². The molecule has 0 saturated carbocycles. The number of nitrogens with two attached hydrogens (primary N) is 1. The Morgan fingerprint density at radius 3 is 2.55 bits per heavy atom. The van der Waals surface area contributed by atoms with E-state index in [-0.39, 0.29) is 11.7 Å². The van der Waals surface area contributed by atoms with Crippen molar-refractivity contribution in [3.8, 4) is 5.75 Å². The summed E-state index contributed by atoms with van der Waals surface area (Å²) >= 11 is 3.39. The molecule has 0 unspecified atom stereocenters. The number of nitrogens with one attached hydrogen (secondary N) is 1. The first-order valence-electron chi connectivity index (χ1n) is 6.05. The maximum Gasteiger partial charge on any atom is 0.255 e. The standard InChI is InChI=1S/C15H15BrN2O2/c1-8-5-11(16)14(12(17)6-8)18-15(20)10-3-4-13(19)9(2)7-10/h3-7,19H,17H2,1-2H3,(H,18,20). The number of carbonyl (C=O) groups is 1. The Bertz CT molecular complexity index is 661. The number of phenols is 1. The molecule has 1 amide bonds. The fourth-order valence-corrected chi connectivity index (χ4v) is 2.57. The summed E-state index contributed by atoms with van der Waals surface area (Å²) < 4.78 is 0.735. The largest absolute Gasteiger partial charge is 0.508 e. The highest BCUT2D eigenvalue weighted by molar-refractivity contribution is 9.10. The van der Waals surface area contributed by atoms with Crippen molar-refractivity contribution in [2.24, 2.45) is 0 Å². The van der Waals surface area contributed by atoms with E-state index in [0.717, 1.165) is 10.0 Å². The molecule has 2 aromatic carbocycles. The van der Waals surface area contributed by atoms with Crippen LogP contribution in [0.1, 0.15) is 21.5 Å². The van der Waals surface area contributed by atoms with Gasteiger partial charge in [0.2, 0.25) is 0 Å². The van der Waals surface area contributed by atoms with Crippen LogP contribution in [0.4, 0.5) is 11.4 Å². The van der Waals surface area contributed by atoms with E-state index < -0.39 is 0 Å². The van der Waals surface area contributed by atoms with Crippen LogP contribution in [0.15, 0.2) is 34.8 Å². The van der Waals surface area contributed by atoms with Gasteiger partial charge in [-0.25, -0.2) is 0 Å². The lowest BCUT2D eigenvalue weighted by Crippen LogP contribution is -2.14. The Morgan fingerprint density at radius 2 is 1.95 bits per heavy atom. The molecule has 2 rings (SSSR count). The van der Waals surface area contributed by atoms with Crippen LogP contribution in [-0.4, -0.2) is 11.0 Å². The highest BCUT2D eigenvalue weighted by atomic mass is 79.9. The van der Waals surface area contributed by atoms with E-state index in [4.69, 9.17) is 5.73 Å². The van der Waals surface area contributed by atoms with E-state index in [1.54, 1.807) is 25.1 Å². The molecule has 0 spiro atoms. The summed E-state index contributed by atoms with van der Waals surface area (Å²) in [6, 6.07) is 8.37. The zero-order valence-electron chi connectivity index (χ0n) is 11.2. The molecule has 5 heteroatoms. The first kappa shape index (κ1) is 14.4. The SMILES string of the molecule is Cc1cc(N)c(NC(=O)c2ccc(O)c(C)c2)c(Br)c1. The second-order valence-corrected chi connectivity index (χ2v) is 5.52. The number of anilines is 2. The predicted molar refractivity (Wildman–Crippen MR) is 84.1 cm³/mol. The molecular weight excluding hydrogens is 320 g/mol. The summed E-state index contributed by atoms with van der Waals surface area (Å²) in [4.78, 5) is 12.2. The first-order valence-corrected chi connectivity index (χ1v) is 6.84. The second-order valence-electron chi connectivity index (χ2n) is 4.67. The molecule has 0 fully saturated rings. The number of nitrogen functional groups attached to an aromatic ring is 1. The average Bonchev–Trinajstić information content (AvgIpc) is 2.36. The predicted octanol–water partition coefficient (Wildman–Crippen LogP) is 3.61. The lowest BCUT2D eigenvalue weighted by atomic mass is 10.1. The number of benzene rings is 2. The van der Waals surface area contributed by atoms with Crippen molar-refractivity contribution in [1.82, 2.24) is 0 Å². The molecule has 0 atom stereocenters. The van der Waals surface area contributed by atoms with Gasteiger partial charge < -0.3 is 16.2 Å². The van der Waals surface area contributed by atoms with Crippen LogP contribution in [0, 0.1) is 13.8 Å². The van der Waals surface area contributed by atoms with Gasteiger partial charge >= 0.3 is 0 Å². The molecule has 4 nitrogen and oxygen atoms in total. The van der Waals surface area contributed by atoms with Gasteiger partial charge in [0.25, 0.3) is 5.91 Å². The molecule has 104 valence electrons. The van der Waals surface area contributed by atoms with Crippen LogP contribution >= 0.6 is 15.9 Å². The molecule has 4 N–H and O–H groups in total. The molecule has 0 radical (unpaired) electrons. The summed E-state index contributed by atoms with van der Waals surface area (Å²) in [6.45, 7) is 3.67. The van der Waals surface area contributed by atoms with Gasteiger partial charge in [0.15, 0.2) is 0 Å². The van der Waals surface area contributed by atoms with Gasteiger partial charge in [0.1, 0.15) is 5.75 Å². The van der Waals surface area contributed by atoms with Crippen LogP contribution in [-0.2, 0) is 0 Å². The van der Waals surface area contributed by atoms with E-state index >= 15 is 0 Å². The molecule has 20 heavy (non-hydrogen) atoms. The van der Waals surface area contributed by atoms with Gasteiger partial charge in [-0.1, -0.05) is 0 Å². The summed E-state index contributed by atoms with van der Waals surface area (Å²) in [5.41, 5.74) is 9.09. The van der Waals surface area contributed by atoms with Crippen LogP contribution in [0.3, 0.4) is 0 Å². The van der Waals surface area contributed by atoms with Crippen LogP contribution in [0.5, 0.6) is 5.75 Å². The van der Waals surface area contributed by atoms with Crippen molar-refractivity contribution in [3.63, 3.8) is 0 Å². The molecule has 0 aliphatic rings. The normalized spacial score (nSPS) is 10.3. The average molecular weight is 335 g/mol. The summed E-state index contributed by atoms with van der Waals surface area (Å²) in [5, 5.41) is 12.3. The Kier molecular flexibility index (Phi) is 3.99. The van der Waals surface area contributed by atoms with Gasteiger partial charge in [0.05, 0.1) is 11.4 Å². The highest BCUT2D eigenvalue weighted by Gasteiger charge is 2.12. The van der Waals surface area contributed by atoms with Gasteiger partial charge in [-0.05, 0) is 71.2 Å². The number of phenolic OH excluding ortho intramolecular Hbond substituents is 1. The maximum absolute atomic E-state index is 12.2. The maximum atomic E-state index is 12.2. The monoisotopic (exact) mass is 334 g/mol. The minimum absolute atomic E-state index is 0.164. The van der Waals surface area contributed by atoms with Crippen molar-refractivity contribution in [3.05, 3.63) is 51.5 Å². The Morgan fingerprint density at radius 1 is 1.25 bits per heavy atom. The van der Waals surface area contributed by atoms with Crippen LogP contribution in [0.2, 0.25) is 0 Å². The van der Waals surface area contributed by atoms with E-state index in [1.807, 2.05) is 13.0 Å². The lowest BCUT2D eigenvalue weighted by molar-refractivity contribution is 0.102. The molecule has 0 saturated heterocycles.